The van der Waals surface area contributed by atoms with Gasteiger partial charge in [-0.25, -0.2) is 18.4 Å². The Balaban J connectivity index is 1.72. The monoisotopic (exact) mass is 419 g/mol. The van der Waals surface area contributed by atoms with E-state index in [1.807, 2.05) is 33.8 Å². The molecular formula is C20H29N5O3S. The van der Waals surface area contributed by atoms with E-state index in [0.717, 1.165) is 23.7 Å². The fraction of sp³-hybridized carbons (Fsp3) is 0.500. The van der Waals surface area contributed by atoms with Crippen LogP contribution in [-0.4, -0.2) is 62.0 Å². The predicted molar refractivity (Wildman–Crippen MR) is 114 cm³/mol. The number of hydrogen-bond acceptors (Lipinski definition) is 7. The second-order valence-corrected chi connectivity index (χ2v) is 8.88. The Kier molecular flexibility index (Phi) is 6.59. The number of ether oxygens (including phenoxy) is 1. The van der Waals surface area contributed by atoms with Gasteiger partial charge < -0.3 is 15.0 Å². The van der Waals surface area contributed by atoms with Crippen LogP contribution in [0.25, 0.3) is 0 Å². The molecule has 0 aliphatic carbocycles. The molecular weight excluding hydrogens is 390 g/mol. The molecule has 1 aromatic carbocycles. The summed E-state index contributed by atoms with van der Waals surface area (Å²) in [4.78, 5) is 11.3. The molecule has 1 aromatic heterocycles. The lowest BCUT2D eigenvalue weighted by Gasteiger charge is -2.35. The van der Waals surface area contributed by atoms with Crippen molar-refractivity contribution in [3.8, 4) is 5.75 Å². The van der Waals surface area contributed by atoms with E-state index in [1.165, 1.54) is 4.31 Å². The lowest BCUT2D eigenvalue weighted by Crippen LogP contribution is -2.49. The molecule has 3 rings (SSSR count). The number of nitrogens with one attached hydrogen (secondary N) is 1. The van der Waals surface area contributed by atoms with Crippen molar-refractivity contribution in [2.75, 3.05) is 49.5 Å². The number of hydrogen-bond donors (Lipinski definition) is 1. The van der Waals surface area contributed by atoms with Crippen LogP contribution >= 0.6 is 0 Å². The molecule has 0 bridgehead atoms. The highest BCUT2D eigenvalue weighted by molar-refractivity contribution is 7.89. The van der Waals surface area contributed by atoms with Gasteiger partial charge in [0.2, 0.25) is 10.0 Å². The summed E-state index contributed by atoms with van der Waals surface area (Å²) < 4.78 is 33.2. The van der Waals surface area contributed by atoms with Gasteiger partial charge >= 0.3 is 0 Å². The fourth-order valence-corrected chi connectivity index (χ4v) is 4.90. The first-order valence-electron chi connectivity index (χ1n) is 9.93. The zero-order valence-electron chi connectivity index (χ0n) is 17.5. The zero-order chi connectivity index (χ0) is 21.0. The van der Waals surface area contributed by atoms with E-state index in [-0.39, 0.29) is 0 Å². The standard InChI is InChI=1S/C20H29N5O3S/c1-5-21-19-14-20(23-16(4)22-19)24-9-11-25(12-10-24)29(26,27)17-7-8-18(28-6-2)15(3)13-17/h7-8,13-14H,5-6,9-12H2,1-4H3,(H,21,22,23). The van der Waals surface area contributed by atoms with Crippen molar-refractivity contribution >= 4 is 21.7 Å². The molecule has 0 unspecified atom stereocenters. The third-order valence-electron chi connectivity index (χ3n) is 4.83. The van der Waals surface area contributed by atoms with Gasteiger partial charge in [0.05, 0.1) is 11.5 Å². The number of piperazine rings is 1. The van der Waals surface area contributed by atoms with Crippen LogP contribution in [0.3, 0.4) is 0 Å². The molecule has 1 aliphatic heterocycles. The smallest absolute Gasteiger partial charge is 0.243 e. The molecule has 0 spiro atoms. The normalized spacial score (nSPS) is 15.4. The number of benzene rings is 1. The summed E-state index contributed by atoms with van der Waals surface area (Å²) >= 11 is 0. The first-order chi connectivity index (χ1) is 13.8. The van der Waals surface area contributed by atoms with E-state index < -0.39 is 10.0 Å². The first-order valence-corrected chi connectivity index (χ1v) is 11.4. The fourth-order valence-electron chi connectivity index (χ4n) is 3.39. The molecule has 0 amide bonds. The van der Waals surface area contributed by atoms with Gasteiger partial charge in [0.1, 0.15) is 23.2 Å². The molecule has 1 aliphatic rings. The molecule has 29 heavy (non-hydrogen) atoms. The molecule has 2 aromatic rings. The van der Waals surface area contributed by atoms with Crippen LogP contribution in [0, 0.1) is 13.8 Å². The average molecular weight is 420 g/mol. The van der Waals surface area contributed by atoms with Crippen molar-refractivity contribution in [1.29, 1.82) is 0 Å². The predicted octanol–water partition coefficient (Wildman–Crippen LogP) is 2.43. The SMILES string of the molecule is CCNc1cc(N2CCN(S(=O)(=O)c3ccc(OCC)c(C)c3)CC2)nc(C)n1. The van der Waals surface area contributed by atoms with Crippen LogP contribution < -0.4 is 15.0 Å². The topological polar surface area (TPSA) is 87.7 Å². The quantitative estimate of drug-likeness (QED) is 0.737. The number of nitrogens with zero attached hydrogens (tertiary/aromatic N) is 4. The Morgan fingerprint density at radius 2 is 1.79 bits per heavy atom. The summed E-state index contributed by atoms with van der Waals surface area (Å²) in [6, 6.07) is 6.95. The third-order valence-corrected chi connectivity index (χ3v) is 6.72. The molecule has 1 saturated heterocycles. The second-order valence-electron chi connectivity index (χ2n) is 6.94. The van der Waals surface area contributed by atoms with Crippen LogP contribution in [0.2, 0.25) is 0 Å². The summed E-state index contributed by atoms with van der Waals surface area (Å²) in [7, 11) is -3.54. The largest absolute Gasteiger partial charge is 0.494 e. The number of anilines is 2. The molecule has 0 atom stereocenters. The summed E-state index contributed by atoms with van der Waals surface area (Å²) in [5.41, 5.74) is 0.818. The summed E-state index contributed by atoms with van der Waals surface area (Å²) in [5.74, 6) is 3.02. The highest BCUT2D eigenvalue weighted by Crippen LogP contribution is 2.26. The van der Waals surface area contributed by atoms with Gasteiger partial charge in [-0.15, -0.1) is 0 Å². The second kappa shape index (κ2) is 8.96. The lowest BCUT2D eigenvalue weighted by molar-refractivity contribution is 0.337. The summed E-state index contributed by atoms with van der Waals surface area (Å²) in [6.07, 6.45) is 0. The Labute approximate surface area is 173 Å². The number of sulfonamides is 1. The maximum absolute atomic E-state index is 13.1. The van der Waals surface area contributed by atoms with Crippen molar-refractivity contribution in [3.05, 3.63) is 35.7 Å². The molecule has 2 heterocycles. The Morgan fingerprint density at radius 1 is 1.07 bits per heavy atom. The van der Waals surface area contributed by atoms with Crippen molar-refractivity contribution in [1.82, 2.24) is 14.3 Å². The van der Waals surface area contributed by atoms with Gasteiger partial charge in [-0.3, -0.25) is 0 Å². The van der Waals surface area contributed by atoms with Gasteiger partial charge in [0, 0.05) is 38.8 Å². The molecule has 9 heteroatoms. The van der Waals surface area contributed by atoms with Crippen LogP contribution in [0.4, 0.5) is 11.6 Å². The van der Waals surface area contributed by atoms with Crippen molar-refractivity contribution in [2.45, 2.75) is 32.6 Å². The number of rotatable bonds is 7. The highest BCUT2D eigenvalue weighted by Gasteiger charge is 2.29. The number of aromatic nitrogens is 2. The molecule has 0 saturated carbocycles. The summed E-state index contributed by atoms with van der Waals surface area (Å²) in [6.45, 7) is 11.0. The molecule has 1 N–H and O–H groups in total. The zero-order valence-corrected chi connectivity index (χ0v) is 18.3. The maximum atomic E-state index is 13.1. The van der Waals surface area contributed by atoms with Crippen LogP contribution in [0.5, 0.6) is 5.75 Å². The van der Waals surface area contributed by atoms with Crippen LogP contribution in [-0.2, 0) is 10.0 Å². The van der Waals surface area contributed by atoms with E-state index in [2.05, 4.69) is 20.2 Å². The summed E-state index contributed by atoms with van der Waals surface area (Å²) in [5, 5.41) is 3.21. The third kappa shape index (κ3) is 4.79. The van der Waals surface area contributed by atoms with Gasteiger partial charge in [-0.05, 0) is 51.5 Å². The van der Waals surface area contributed by atoms with Gasteiger partial charge in [-0.2, -0.15) is 4.31 Å². The molecule has 1 fully saturated rings. The average Bonchev–Trinajstić information content (AvgIpc) is 2.69. The Hall–Kier alpha value is -2.39. The molecule has 0 radical (unpaired) electrons. The van der Waals surface area contributed by atoms with E-state index in [9.17, 15) is 8.42 Å². The number of aryl methyl sites for hydroxylation is 2. The minimum atomic E-state index is -3.54. The van der Waals surface area contributed by atoms with Gasteiger partial charge in [-0.1, -0.05) is 0 Å². The molecule has 8 nitrogen and oxygen atoms in total. The van der Waals surface area contributed by atoms with Crippen molar-refractivity contribution in [2.24, 2.45) is 0 Å². The van der Waals surface area contributed by atoms with Crippen LogP contribution in [0.1, 0.15) is 25.2 Å². The van der Waals surface area contributed by atoms with Crippen LogP contribution in [0.15, 0.2) is 29.2 Å². The van der Waals surface area contributed by atoms with Crippen molar-refractivity contribution < 1.29 is 13.2 Å². The van der Waals surface area contributed by atoms with E-state index in [1.54, 1.807) is 18.2 Å². The highest BCUT2D eigenvalue weighted by atomic mass is 32.2. The maximum Gasteiger partial charge on any atom is 0.243 e. The van der Waals surface area contributed by atoms with E-state index in [4.69, 9.17) is 4.74 Å². The Bertz CT molecular complexity index is 957. The first kappa shape index (κ1) is 21.3. The minimum absolute atomic E-state index is 0.305. The molecule has 158 valence electrons. The van der Waals surface area contributed by atoms with E-state index in [0.29, 0.717) is 49.3 Å². The van der Waals surface area contributed by atoms with E-state index >= 15 is 0 Å². The van der Waals surface area contributed by atoms with Crippen molar-refractivity contribution in [3.63, 3.8) is 0 Å². The van der Waals surface area contributed by atoms with Gasteiger partial charge in [0.25, 0.3) is 0 Å². The Morgan fingerprint density at radius 3 is 2.41 bits per heavy atom. The van der Waals surface area contributed by atoms with Gasteiger partial charge in [0.15, 0.2) is 0 Å². The lowest BCUT2D eigenvalue weighted by atomic mass is 10.2. The minimum Gasteiger partial charge on any atom is -0.494 e.